The molecule has 0 radical (unpaired) electrons. The molecular formula is C13H19NO4. The molecule has 0 amide bonds. The maximum atomic E-state index is 11.4. The number of carboxylic acid groups (broad SMARTS) is 1. The van der Waals surface area contributed by atoms with Crippen LogP contribution in [0.25, 0.3) is 0 Å². The Balaban J connectivity index is 3.00. The van der Waals surface area contributed by atoms with E-state index in [4.69, 9.17) is 9.47 Å². The fraction of sp³-hybridized carbons (Fsp3) is 0.462. The standard InChI is InChI=1S/C13H19NO4/c1-9(17-3)13(2,12(15)16)14-10-6-5-7-11(8-10)18-4/h5-9,14H,1-4H3,(H,15,16). The second-order valence-electron chi connectivity index (χ2n) is 4.24. The molecular weight excluding hydrogens is 234 g/mol. The molecule has 1 aromatic carbocycles. The van der Waals surface area contributed by atoms with Gasteiger partial charge in [-0.1, -0.05) is 6.07 Å². The summed E-state index contributed by atoms with van der Waals surface area (Å²) >= 11 is 0. The zero-order chi connectivity index (χ0) is 13.8. The molecule has 0 fully saturated rings. The number of anilines is 1. The molecule has 100 valence electrons. The Kier molecular flexibility index (Phi) is 4.55. The number of benzene rings is 1. The van der Waals surface area contributed by atoms with E-state index in [1.165, 1.54) is 7.11 Å². The summed E-state index contributed by atoms with van der Waals surface area (Å²) in [5.74, 6) is -0.308. The van der Waals surface area contributed by atoms with E-state index in [0.717, 1.165) is 0 Å². The average Bonchev–Trinajstić information content (AvgIpc) is 2.37. The largest absolute Gasteiger partial charge is 0.497 e. The number of aliphatic carboxylic acids is 1. The molecule has 0 aromatic heterocycles. The lowest BCUT2D eigenvalue weighted by atomic mass is 9.95. The maximum absolute atomic E-state index is 11.4. The van der Waals surface area contributed by atoms with Crippen LogP contribution in [0.2, 0.25) is 0 Å². The van der Waals surface area contributed by atoms with E-state index < -0.39 is 17.6 Å². The van der Waals surface area contributed by atoms with Crippen molar-refractivity contribution in [3.63, 3.8) is 0 Å². The quantitative estimate of drug-likeness (QED) is 0.811. The SMILES string of the molecule is COc1cccc(NC(C)(C(=O)O)C(C)OC)c1. The number of carboxylic acids is 1. The summed E-state index contributed by atoms with van der Waals surface area (Å²) in [4.78, 5) is 11.4. The summed E-state index contributed by atoms with van der Waals surface area (Å²) in [5.41, 5.74) is -0.538. The monoisotopic (exact) mass is 253 g/mol. The highest BCUT2D eigenvalue weighted by molar-refractivity contribution is 5.83. The molecule has 2 atom stereocenters. The van der Waals surface area contributed by atoms with Gasteiger partial charge in [0.25, 0.3) is 0 Å². The lowest BCUT2D eigenvalue weighted by molar-refractivity contribution is -0.146. The normalized spacial score (nSPS) is 15.6. The number of nitrogens with one attached hydrogen (secondary N) is 1. The molecule has 0 aliphatic rings. The molecule has 0 aliphatic heterocycles. The zero-order valence-corrected chi connectivity index (χ0v) is 11.1. The van der Waals surface area contributed by atoms with Crippen LogP contribution in [0, 0.1) is 0 Å². The van der Waals surface area contributed by atoms with E-state index in [9.17, 15) is 9.90 Å². The molecule has 0 heterocycles. The third-order valence-electron chi connectivity index (χ3n) is 3.08. The van der Waals surface area contributed by atoms with Gasteiger partial charge in [0.05, 0.1) is 13.2 Å². The first-order valence-electron chi connectivity index (χ1n) is 5.62. The fourth-order valence-corrected chi connectivity index (χ4v) is 1.57. The van der Waals surface area contributed by atoms with Crippen molar-refractivity contribution in [2.45, 2.75) is 25.5 Å². The highest BCUT2D eigenvalue weighted by Gasteiger charge is 2.39. The third kappa shape index (κ3) is 2.92. The number of hydrogen-bond donors (Lipinski definition) is 2. The minimum atomic E-state index is -1.21. The van der Waals surface area contributed by atoms with Crippen LogP contribution in [0.4, 0.5) is 5.69 Å². The van der Waals surface area contributed by atoms with Crippen LogP contribution in [0.15, 0.2) is 24.3 Å². The second kappa shape index (κ2) is 5.73. The predicted octanol–water partition coefficient (Wildman–Crippen LogP) is 1.99. The Labute approximate surface area is 107 Å². The van der Waals surface area contributed by atoms with Gasteiger partial charge in [0.15, 0.2) is 5.54 Å². The van der Waals surface area contributed by atoms with E-state index in [1.54, 1.807) is 45.2 Å². The topological polar surface area (TPSA) is 67.8 Å². The second-order valence-corrected chi connectivity index (χ2v) is 4.24. The summed E-state index contributed by atoms with van der Waals surface area (Å²) in [5, 5.41) is 12.3. The van der Waals surface area contributed by atoms with Gasteiger partial charge in [0, 0.05) is 18.9 Å². The molecule has 0 bridgehead atoms. The lowest BCUT2D eigenvalue weighted by Crippen LogP contribution is -2.52. The Morgan fingerprint density at radius 1 is 1.44 bits per heavy atom. The first kappa shape index (κ1) is 14.3. The highest BCUT2D eigenvalue weighted by Crippen LogP contribution is 2.24. The zero-order valence-electron chi connectivity index (χ0n) is 11.1. The Morgan fingerprint density at radius 3 is 2.61 bits per heavy atom. The first-order chi connectivity index (χ1) is 8.43. The number of carbonyl (C=O) groups is 1. The maximum Gasteiger partial charge on any atom is 0.331 e. The van der Waals surface area contributed by atoms with Crippen LogP contribution in [0.3, 0.4) is 0 Å². The first-order valence-corrected chi connectivity index (χ1v) is 5.62. The minimum absolute atomic E-state index is 0.485. The van der Waals surface area contributed by atoms with E-state index in [0.29, 0.717) is 11.4 Å². The van der Waals surface area contributed by atoms with E-state index >= 15 is 0 Å². The van der Waals surface area contributed by atoms with Gasteiger partial charge >= 0.3 is 5.97 Å². The van der Waals surface area contributed by atoms with Gasteiger partial charge in [-0.3, -0.25) is 0 Å². The molecule has 2 N–H and O–H groups in total. The molecule has 0 saturated heterocycles. The van der Waals surface area contributed by atoms with Crippen molar-refractivity contribution in [1.82, 2.24) is 0 Å². The molecule has 18 heavy (non-hydrogen) atoms. The van der Waals surface area contributed by atoms with Gasteiger partial charge in [-0.05, 0) is 26.0 Å². The van der Waals surface area contributed by atoms with Crippen LogP contribution < -0.4 is 10.1 Å². The molecule has 1 rings (SSSR count). The van der Waals surface area contributed by atoms with Crippen LogP contribution in [-0.2, 0) is 9.53 Å². The Hall–Kier alpha value is -1.75. The van der Waals surface area contributed by atoms with E-state index in [1.807, 2.05) is 0 Å². The van der Waals surface area contributed by atoms with Crippen molar-refractivity contribution in [2.24, 2.45) is 0 Å². The van der Waals surface area contributed by atoms with Gasteiger partial charge in [0.2, 0.25) is 0 Å². The summed E-state index contributed by atoms with van der Waals surface area (Å²) in [6, 6.07) is 7.11. The summed E-state index contributed by atoms with van der Waals surface area (Å²) < 4.78 is 10.2. The smallest absolute Gasteiger partial charge is 0.331 e. The fourth-order valence-electron chi connectivity index (χ4n) is 1.57. The van der Waals surface area contributed by atoms with Gasteiger partial charge < -0.3 is 19.9 Å². The van der Waals surface area contributed by atoms with Crippen molar-refractivity contribution >= 4 is 11.7 Å². The van der Waals surface area contributed by atoms with Crippen molar-refractivity contribution in [3.8, 4) is 5.75 Å². The van der Waals surface area contributed by atoms with Gasteiger partial charge in [0.1, 0.15) is 5.75 Å². The highest BCUT2D eigenvalue weighted by atomic mass is 16.5. The van der Waals surface area contributed by atoms with Crippen LogP contribution in [0.1, 0.15) is 13.8 Å². The van der Waals surface area contributed by atoms with Crippen LogP contribution in [-0.4, -0.2) is 36.9 Å². The van der Waals surface area contributed by atoms with Crippen LogP contribution >= 0.6 is 0 Å². The van der Waals surface area contributed by atoms with Crippen molar-refractivity contribution < 1.29 is 19.4 Å². The summed E-state index contributed by atoms with van der Waals surface area (Å²) in [6.07, 6.45) is -0.485. The molecule has 1 aromatic rings. The average molecular weight is 253 g/mol. The number of methoxy groups -OCH3 is 2. The third-order valence-corrected chi connectivity index (χ3v) is 3.08. The molecule has 0 spiro atoms. The van der Waals surface area contributed by atoms with Crippen molar-refractivity contribution in [3.05, 3.63) is 24.3 Å². The van der Waals surface area contributed by atoms with E-state index in [-0.39, 0.29) is 0 Å². The van der Waals surface area contributed by atoms with Crippen molar-refractivity contribution in [2.75, 3.05) is 19.5 Å². The number of ether oxygens (including phenoxy) is 2. The van der Waals surface area contributed by atoms with Gasteiger partial charge in [-0.15, -0.1) is 0 Å². The predicted molar refractivity (Wildman–Crippen MR) is 69.1 cm³/mol. The molecule has 0 saturated carbocycles. The lowest BCUT2D eigenvalue weighted by Gasteiger charge is -2.32. The molecule has 0 aliphatic carbocycles. The van der Waals surface area contributed by atoms with E-state index in [2.05, 4.69) is 5.32 Å². The van der Waals surface area contributed by atoms with Crippen molar-refractivity contribution in [1.29, 1.82) is 0 Å². The molecule has 5 heteroatoms. The molecule has 5 nitrogen and oxygen atoms in total. The summed E-state index contributed by atoms with van der Waals surface area (Å²) in [6.45, 7) is 3.30. The van der Waals surface area contributed by atoms with Gasteiger partial charge in [-0.2, -0.15) is 0 Å². The summed E-state index contributed by atoms with van der Waals surface area (Å²) in [7, 11) is 3.05. The number of rotatable bonds is 6. The minimum Gasteiger partial charge on any atom is -0.497 e. The van der Waals surface area contributed by atoms with Gasteiger partial charge in [-0.25, -0.2) is 4.79 Å². The van der Waals surface area contributed by atoms with Crippen LogP contribution in [0.5, 0.6) is 5.75 Å². The Morgan fingerprint density at radius 2 is 2.11 bits per heavy atom. The number of hydrogen-bond acceptors (Lipinski definition) is 4. The molecule has 2 unspecified atom stereocenters. The Bertz CT molecular complexity index is 421.